The van der Waals surface area contributed by atoms with Crippen molar-refractivity contribution in [2.24, 2.45) is 0 Å². The van der Waals surface area contributed by atoms with Crippen LogP contribution in [0.2, 0.25) is 0 Å². The van der Waals surface area contributed by atoms with Gasteiger partial charge in [0.05, 0.1) is 25.4 Å². The van der Waals surface area contributed by atoms with Crippen molar-refractivity contribution >= 4 is 11.9 Å². The molecule has 6 nitrogen and oxygen atoms in total. The second kappa shape index (κ2) is 58.4. The lowest BCUT2D eigenvalue weighted by molar-refractivity contribution is -0.143. The van der Waals surface area contributed by atoms with E-state index in [1.165, 1.54) is 238 Å². The van der Waals surface area contributed by atoms with E-state index in [1.807, 2.05) is 6.08 Å². The van der Waals surface area contributed by atoms with Gasteiger partial charge in [-0.15, -0.1) is 0 Å². The van der Waals surface area contributed by atoms with Gasteiger partial charge in [-0.25, -0.2) is 0 Å². The van der Waals surface area contributed by atoms with Gasteiger partial charge in [-0.3, -0.25) is 9.59 Å². The SMILES string of the molecule is CCCCCCCCC/C=C\CCCCCCCC(=O)OCCCCCCCCCCC/C=C\C/C=C\CCCCCCCCCCCC(=O)NC(CO)C(O)/C=C/CCCCCCCCCCC. The van der Waals surface area contributed by atoms with Crippen molar-refractivity contribution in [1.82, 2.24) is 5.32 Å². The summed E-state index contributed by atoms with van der Waals surface area (Å²) in [5.74, 6) is -0.0751. The van der Waals surface area contributed by atoms with Gasteiger partial charge in [-0.05, 0) is 89.9 Å². The number of ether oxygens (including phenoxy) is 1. The molecule has 0 radical (unpaired) electrons. The van der Waals surface area contributed by atoms with Crippen LogP contribution in [0.4, 0.5) is 0 Å². The summed E-state index contributed by atoms with van der Waals surface area (Å²) in [5.41, 5.74) is 0. The molecule has 0 rings (SSSR count). The average molecular weight is 969 g/mol. The van der Waals surface area contributed by atoms with Crippen molar-refractivity contribution in [2.75, 3.05) is 13.2 Å². The van der Waals surface area contributed by atoms with Crippen LogP contribution in [-0.4, -0.2) is 47.4 Å². The zero-order chi connectivity index (χ0) is 50.0. The summed E-state index contributed by atoms with van der Waals surface area (Å²) in [6.45, 7) is 4.88. The van der Waals surface area contributed by atoms with E-state index in [-0.39, 0.29) is 18.5 Å². The van der Waals surface area contributed by atoms with Gasteiger partial charge in [0.2, 0.25) is 5.91 Å². The van der Waals surface area contributed by atoms with Crippen molar-refractivity contribution in [3.8, 4) is 0 Å². The molecule has 0 aromatic carbocycles. The van der Waals surface area contributed by atoms with Crippen molar-refractivity contribution in [3.05, 3.63) is 48.6 Å². The Hall–Kier alpha value is -2.18. The van der Waals surface area contributed by atoms with Crippen molar-refractivity contribution in [2.45, 2.75) is 328 Å². The maximum Gasteiger partial charge on any atom is 0.305 e. The maximum absolute atomic E-state index is 12.4. The van der Waals surface area contributed by atoms with Crippen LogP contribution >= 0.6 is 0 Å². The Morgan fingerprint density at radius 3 is 1.12 bits per heavy atom. The van der Waals surface area contributed by atoms with E-state index in [0.29, 0.717) is 19.4 Å². The van der Waals surface area contributed by atoms with Gasteiger partial charge < -0.3 is 20.3 Å². The van der Waals surface area contributed by atoms with E-state index >= 15 is 0 Å². The highest BCUT2D eigenvalue weighted by molar-refractivity contribution is 5.76. The Kier molecular flexibility index (Phi) is 56.5. The topological polar surface area (TPSA) is 95.9 Å². The first-order valence-corrected chi connectivity index (χ1v) is 30.4. The monoisotopic (exact) mass is 968 g/mol. The molecule has 0 bridgehead atoms. The Morgan fingerprint density at radius 2 is 0.725 bits per heavy atom. The summed E-state index contributed by atoms with van der Waals surface area (Å²) >= 11 is 0. The van der Waals surface area contributed by atoms with Gasteiger partial charge in [0, 0.05) is 12.8 Å². The number of unbranched alkanes of at least 4 members (excludes halogenated alkanes) is 39. The minimum absolute atomic E-state index is 0.000697. The molecule has 404 valence electrons. The zero-order valence-electron chi connectivity index (χ0n) is 46.0. The van der Waals surface area contributed by atoms with Gasteiger partial charge in [-0.1, -0.05) is 262 Å². The van der Waals surface area contributed by atoms with E-state index < -0.39 is 12.1 Å². The van der Waals surface area contributed by atoms with Crippen molar-refractivity contribution < 1.29 is 24.5 Å². The second-order valence-electron chi connectivity index (χ2n) is 20.7. The zero-order valence-corrected chi connectivity index (χ0v) is 46.0. The minimum atomic E-state index is -0.848. The smallest absolute Gasteiger partial charge is 0.305 e. The van der Waals surface area contributed by atoms with Gasteiger partial charge >= 0.3 is 5.97 Å². The van der Waals surface area contributed by atoms with Gasteiger partial charge in [0.25, 0.3) is 0 Å². The van der Waals surface area contributed by atoms with E-state index in [9.17, 15) is 19.8 Å². The quantitative estimate of drug-likeness (QED) is 0.0321. The standard InChI is InChI=1S/C63H117NO5/c1-3-5-7-9-11-13-15-16-17-30-33-37-41-45-49-53-57-63(68)69-58-54-50-46-42-38-34-31-28-26-24-22-20-18-19-21-23-25-27-29-32-36-40-44-48-52-56-62(67)64-60(59-65)61(66)55-51-47-43-39-35-14-12-10-8-6-4-2/h17,19-22,30,51,55,60-61,65-66H,3-16,18,23-29,31-50,52-54,56-59H2,1-2H3,(H,64,67)/b21-19-,22-20-,30-17-,55-51+. The molecule has 0 aliphatic carbocycles. The molecule has 0 aromatic rings. The van der Waals surface area contributed by atoms with E-state index in [2.05, 4.69) is 55.6 Å². The average Bonchev–Trinajstić information content (AvgIpc) is 3.35. The van der Waals surface area contributed by atoms with Crippen LogP contribution in [0.1, 0.15) is 316 Å². The number of amides is 1. The summed E-state index contributed by atoms with van der Waals surface area (Å²) in [4.78, 5) is 24.5. The molecule has 0 saturated carbocycles. The molecule has 69 heavy (non-hydrogen) atoms. The van der Waals surface area contributed by atoms with Crippen LogP contribution in [0, 0.1) is 0 Å². The van der Waals surface area contributed by atoms with Gasteiger partial charge in [-0.2, -0.15) is 0 Å². The number of hydrogen-bond donors (Lipinski definition) is 3. The van der Waals surface area contributed by atoms with E-state index in [0.717, 1.165) is 51.4 Å². The molecular formula is C63H117NO5. The van der Waals surface area contributed by atoms with Crippen molar-refractivity contribution in [3.63, 3.8) is 0 Å². The summed E-state index contributed by atoms with van der Waals surface area (Å²) in [7, 11) is 0. The molecule has 0 spiro atoms. The Bertz CT molecular complexity index is 1160. The summed E-state index contributed by atoms with van der Waals surface area (Å²) in [6, 6.07) is -0.632. The molecule has 0 aliphatic rings. The maximum atomic E-state index is 12.4. The third kappa shape index (κ3) is 55.0. The Morgan fingerprint density at radius 1 is 0.406 bits per heavy atom. The van der Waals surface area contributed by atoms with E-state index in [4.69, 9.17) is 4.74 Å². The van der Waals surface area contributed by atoms with Crippen LogP contribution in [0.5, 0.6) is 0 Å². The first kappa shape index (κ1) is 66.8. The molecule has 3 N–H and O–H groups in total. The fraction of sp³-hybridized carbons (Fsp3) is 0.841. The van der Waals surface area contributed by atoms with Crippen LogP contribution in [0.15, 0.2) is 48.6 Å². The molecule has 2 atom stereocenters. The number of aliphatic hydroxyl groups is 2. The molecule has 2 unspecified atom stereocenters. The molecule has 0 aliphatic heterocycles. The summed E-state index contributed by atoms with van der Waals surface area (Å²) in [6.07, 6.45) is 74.4. The normalized spacial score (nSPS) is 12.9. The van der Waals surface area contributed by atoms with E-state index in [1.54, 1.807) is 6.08 Å². The molecule has 0 fully saturated rings. The second-order valence-corrected chi connectivity index (χ2v) is 20.7. The Balaban J connectivity index is 3.44. The van der Waals surface area contributed by atoms with Crippen LogP contribution in [-0.2, 0) is 14.3 Å². The number of carbonyl (C=O) groups is 2. The molecule has 6 heteroatoms. The highest BCUT2D eigenvalue weighted by Gasteiger charge is 2.18. The number of aliphatic hydroxyl groups excluding tert-OH is 2. The van der Waals surface area contributed by atoms with Crippen molar-refractivity contribution in [1.29, 1.82) is 0 Å². The number of hydrogen-bond acceptors (Lipinski definition) is 5. The lowest BCUT2D eigenvalue weighted by Gasteiger charge is -2.20. The lowest BCUT2D eigenvalue weighted by Crippen LogP contribution is -2.45. The fourth-order valence-corrected chi connectivity index (χ4v) is 9.13. The molecular weight excluding hydrogens is 851 g/mol. The molecule has 0 heterocycles. The number of carbonyl (C=O) groups excluding carboxylic acids is 2. The predicted molar refractivity (Wildman–Crippen MR) is 301 cm³/mol. The number of allylic oxidation sites excluding steroid dienone is 7. The highest BCUT2D eigenvalue weighted by Crippen LogP contribution is 2.16. The highest BCUT2D eigenvalue weighted by atomic mass is 16.5. The van der Waals surface area contributed by atoms with Crippen LogP contribution in [0.3, 0.4) is 0 Å². The van der Waals surface area contributed by atoms with Crippen LogP contribution in [0.25, 0.3) is 0 Å². The third-order valence-corrected chi connectivity index (χ3v) is 13.8. The fourth-order valence-electron chi connectivity index (χ4n) is 9.13. The van der Waals surface area contributed by atoms with Crippen LogP contribution < -0.4 is 5.32 Å². The third-order valence-electron chi connectivity index (χ3n) is 13.8. The first-order valence-electron chi connectivity index (χ1n) is 30.4. The lowest BCUT2D eigenvalue weighted by atomic mass is 10.0. The first-order chi connectivity index (χ1) is 34.0. The Labute approximate surface area is 429 Å². The summed E-state index contributed by atoms with van der Waals surface area (Å²) < 4.78 is 5.48. The number of esters is 1. The minimum Gasteiger partial charge on any atom is -0.466 e. The predicted octanol–water partition coefficient (Wildman–Crippen LogP) is 19.0. The van der Waals surface area contributed by atoms with Gasteiger partial charge in [0.15, 0.2) is 0 Å². The molecule has 1 amide bonds. The number of nitrogens with one attached hydrogen (secondary N) is 1. The molecule has 0 saturated heterocycles. The molecule has 0 aromatic heterocycles. The largest absolute Gasteiger partial charge is 0.466 e. The number of rotatable bonds is 56. The summed E-state index contributed by atoms with van der Waals surface area (Å²) in [5, 5.41) is 23.0. The van der Waals surface area contributed by atoms with Gasteiger partial charge in [0.1, 0.15) is 0 Å².